The minimum atomic E-state index is -4.60. The molecule has 0 aliphatic carbocycles. The first-order valence-corrected chi connectivity index (χ1v) is 6.64. The zero-order valence-corrected chi connectivity index (χ0v) is 12.3. The van der Waals surface area contributed by atoms with Crippen molar-refractivity contribution in [3.63, 3.8) is 0 Å². The second-order valence-corrected chi connectivity index (χ2v) is 5.05. The number of hydrogen-bond donors (Lipinski definition) is 1. The molecule has 1 atom stereocenters. The maximum absolute atomic E-state index is 12.9. The molecule has 0 aliphatic heterocycles. The van der Waals surface area contributed by atoms with Crippen molar-refractivity contribution in [1.29, 1.82) is 0 Å². The van der Waals surface area contributed by atoms with Crippen LogP contribution in [-0.4, -0.2) is 9.97 Å². The summed E-state index contributed by atoms with van der Waals surface area (Å²) < 4.78 is 38.6. The van der Waals surface area contributed by atoms with Gasteiger partial charge in [-0.05, 0) is 24.6 Å². The minimum absolute atomic E-state index is 0.00641. The Bertz CT molecular complexity index is 633. The number of alkyl halides is 3. The Labute approximate surface area is 129 Å². The molecular weight excluding hydrogens is 326 g/mol. The van der Waals surface area contributed by atoms with Crippen molar-refractivity contribution in [2.24, 2.45) is 0 Å². The summed E-state index contributed by atoms with van der Waals surface area (Å²) in [5.74, 6) is -0.00641. The normalized spacial score (nSPS) is 13.0. The van der Waals surface area contributed by atoms with Gasteiger partial charge in [-0.15, -0.1) is 0 Å². The summed E-state index contributed by atoms with van der Waals surface area (Å²) in [6, 6.07) is 4.08. The number of nitrogens with zero attached hydrogens (tertiary/aromatic N) is 2. The van der Waals surface area contributed by atoms with Crippen molar-refractivity contribution < 1.29 is 13.2 Å². The van der Waals surface area contributed by atoms with E-state index in [0.29, 0.717) is 0 Å². The highest BCUT2D eigenvalue weighted by atomic mass is 35.5. The molecule has 0 saturated carbocycles. The summed E-state index contributed by atoms with van der Waals surface area (Å²) in [4.78, 5) is 7.76. The summed E-state index contributed by atoms with van der Waals surface area (Å²) in [7, 11) is 0. The molecule has 112 valence electrons. The second-order valence-electron chi connectivity index (χ2n) is 4.31. The summed E-state index contributed by atoms with van der Waals surface area (Å²) in [5, 5.41) is 1.84. The third-order valence-corrected chi connectivity index (χ3v) is 3.52. The van der Waals surface area contributed by atoms with Crippen molar-refractivity contribution >= 4 is 29.0 Å². The summed E-state index contributed by atoms with van der Waals surface area (Å²) in [6.07, 6.45) is -1.38. The predicted octanol–water partition coefficient (Wildman–Crippen LogP) is 4.98. The Balaban J connectivity index is 2.31. The molecule has 1 N–H and O–H groups in total. The van der Waals surface area contributed by atoms with Crippen LogP contribution in [-0.2, 0) is 6.18 Å². The summed E-state index contributed by atoms with van der Waals surface area (Å²) in [6.45, 7) is 1.77. The molecule has 0 aromatic carbocycles. The number of halogens is 5. The van der Waals surface area contributed by atoms with Crippen LogP contribution in [0.5, 0.6) is 0 Å². The van der Waals surface area contributed by atoms with Gasteiger partial charge >= 0.3 is 6.18 Å². The molecule has 0 bridgehead atoms. The van der Waals surface area contributed by atoms with Gasteiger partial charge in [0.2, 0.25) is 0 Å². The molecule has 0 spiro atoms. The topological polar surface area (TPSA) is 37.8 Å². The highest BCUT2D eigenvalue weighted by Gasteiger charge is 2.35. The largest absolute Gasteiger partial charge is 0.418 e. The zero-order valence-electron chi connectivity index (χ0n) is 10.7. The fourth-order valence-corrected chi connectivity index (χ4v) is 2.11. The van der Waals surface area contributed by atoms with E-state index in [1.54, 1.807) is 31.5 Å². The second kappa shape index (κ2) is 6.07. The third kappa shape index (κ3) is 3.77. The maximum Gasteiger partial charge on any atom is 0.418 e. The van der Waals surface area contributed by atoms with E-state index in [1.165, 1.54) is 0 Å². The van der Waals surface area contributed by atoms with E-state index >= 15 is 0 Å². The van der Waals surface area contributed by atoms with E-state index in [1.807, 2.05) is 0 Å². The van der Waals surface area contributed by atoms with Crippen LogP contribution >= 0.6 is 23.2 Å². The summed E-state index contributed by atoms with van der Waals surface area (Å²) >= 11 is 11.2. The highest BCUT2D eigenvalue weighted by Crippen LogP contribution is 2.39. The Kier molecular flexibility index (Phi) is 4.58. The molecule has 21 heavy (non-hydrogen) atoms. The van der Waals surface area contributed by atoms with Gasteiger partial charge in [-0.2, -0.15) is 13.2 Å². The standard InChI is InChI=1S/C13H10Cl2F3N3/c1-7(8-3-2-4-19-6-8)20-10-5-9(13(16,17)18)11(14)12(15)21-10/h2-7H,1H3,(H,20,21). The van der Waals surface area contributed by atoms with Crippen molar-refractivity contribution in [3.8, 4) is 0 Å². The Morgan fingerprint density at radius 2 is 2.00 bits per heavy atom. The average Bonchev–Trinajstić information content (AvgIpc) is 2.42. The molecule has 0 saturated heterocycles. The Morgan fingerprint density at radius 3 is 2.57 bits per heavy atom. The average molecular weight is 336 g/mol. The van der Waals surface area contributed by atoms with E-state index in [2.05, 4.69) is 15.3 Å². The van der Waals surface area contributed by atoms with Crippen LogP contribution in [0, 0.1) is 0 Å². The number of anilines is 1. The van der Waals surface area contributed by atoms with Crippen LogP contribution in [0.2, 0.25) is 10.2 Å². The van der Waals surface area contributed by atoms with Crippen molar-refractivity contribution in [2.75, 3.05) is 5.32 Å². The van der Waals surface area contributed by atoms with E-state index in [0.717, 1.165) is 11.6 Å². The van der Waals surface area contributed by atoms with Gasteiger partial charge < -0.3 is 5.32 Å². The SMILES string of the molecule is CC(Nc1cc(C(F)(F)F)c(Cl)c(Cl)n1)c1cccnc1. The molecule has 1 unspecified atom stereocenters. The lowest BCUT2D eigenvalue weighted by molar-refractivity contribution is -0.137. The van der Waals surface area contributed by atoms with Gasteiger partial charge in [0.15, 0.2) is 5.15 Å². The number of aromatic nitrogens is 2. The molecule has 3 nitrogen and oxygen atoms in total. The fraction of sp³-hybridized carbons (Fsp3) is 0.231. The third-order valence-electron chi connectivity index (χ3n) is 2.77. The molecule has 0 radical (unpaired) electrons. The highest BCUT2D eigenvalue weighted by molar-refractivity contribution is 6.41. The lowest BCUT2D eigenvalue weighted by Gasteiger charge is -2.17. The van der Waals surface area contributed by atoms with Gasteiger partial charge in [0.25, 0.3) is 0 Å². The minimum Gasteiger partial charge on any atom is -0.363 e. The number of nitrogens with one attached hydrogen (secondary N) is 1. The number of pyridine rings is 2. The molecule has 2 aromatic rings. The van der Waals surface area contributed by atoms with Crippen LogP contribution in [0.1, 0.15) is 24.1 Å². The van der Waals surface area contributed by atoms with Gasteiger partial charge in [-0.1, -0.05) is 29.3 Å². The van der Waals surface area contributed by atoms with Gasteiger partial charge in [0.1, 0.15) is 5.82 Å². The first-order valence-electron chi connectivity index (χ1n) is 5.88. The van der Waals surface area contributed by atoms with E-state index in [4.69, 9.17) is 23.2 Å². The van der Waals surface area contributed by atoms with Gasteiger partial charge in [-0.3, -0.25) is 4.98 Å². The molecule has 2 aromatic heterocycles. The van der Waals surface area contributed by atoms with Gasteiger partial charge in [0.05, 0.1) is 16.6 Å². The quantitative estimate of drug-likeness (QED) is 0.804. The Morgan fingerprint density at radius 1 is 1.29 bits per heavy atom. The van der Waals surface area contributed by atoms with Crippen LogP contribution < -0.4 is 5.32 Å². The summed E-state index contributed by atoms with van der Waals surface area (Å²) in [5.41, 5.74) is -0.219. The van der Waals surface area contributed by atoms with Crippen molar-refractivity contribution in [2.45, 2.75) is 19.1 Å². The lowest BCUT2D eigenvalue weighted by atomic mass is 10.1. The van der Waals surface area contributed by atoms with Crippen molar-refractivity contribution in [1.82, 2.24) is 9.97 Å². The first kappa shape index (κ1) is 15.9. The molecule has 0 amide bonds. The molecule has 0 aliphatic rings. The van der Waals surface area contributed by atoms with Crippen LogP contribution in [0.3, 0.4) is 0 Å². The Hall–Kier alpha value is -1.53. The number of hydrogen-bond acceptors (Lipinski definition) is 3. The van der Waals surface area contributed by atoms with Gasteiger partial charge in [0, 0.05) is 12.4 Å². The number of rotatable bonds is 3. The molecule has 2 rings (SSSR count). The van der Waals surface area contributed by atoms with Crippen molar-refractivity contribution in [3.05, 3.63) is 51.9 Å². The first-order chi connectivity index (χ1) is 9.79. The lowest BCUT2D eigenvalue weighted by Crippen LogP contribution is -2.12. The van der Waals surface area contributed by atoms with Crippen LogP contribution in [0.25, 0.3) is 0 Å². The van der Waals surface area contributed by atoms with Crippen LogP contribution in [0.15, 0.2) is 30.6 Å². The van der Waals surface area contributed by atoms with Gasteiger partial charge in [-0.25, -0.2) is 4.98 Å². The maximum atomic E-state index is 12.9. The van der Waals surface area contributed by atoms with E-state index < -0.39 is 21.9 Å². The molecule has 2 heterocycles. The monoisotopic (exact) mass is 335 g/mol. The van der Waals surface area contributed by atoms with Crippen LogP contribution in [0.4, 0.5) is 19.0 Å². The predicted molar refractivity (Wildman–Crippen MR) is 75.5 cm³/mol. The zero-order chi connectivity index (χ0) is 15.6. The fourth-order valence-electron chi connectivity index (χ4n) is 1.72. The van der Waals surface area contributed by atoms with E-state index in [9.17, 15) is 13.2 Å². The van der Waals surface area contributed by atoms with E-state index in [-0.39, 0.29) is 11.9 Å². The molecule has 0 fully saturated rings. The molecule has 8 heteroatoms. The molecular formula is C13H10Cl2F3N3. The smallest absolute Gasteiger partial charge is 0.363 e.